The van der Waals surface area contributed by atoms with Gasteiger partial charge < -0.3 is 15.1 Å². The number of carbonyl (C=O) groups is 1. The molecule has 23 heavy (non-hydrogen) atoms. The quantitative estimate of drug-likeness (QED) is 0.682. The van der Waals surface area contributed by atoms with Crippen molar-refractivity contribution in [1.29, 1.82) is 0 Å². The topological polar surface area (TPSA) is 35.6 Å². The molecule has 0 aromatic carbocycles. The van der Waals surface area contributed by atoms with E-state index in [2.05, 4.69) is 29.0 Å². The lowest BCUT2D eigenvalue weighted by molar-refractivity contribution is -0.128. The molecule has 2 heterocycles. The molecule has 1 amide bonds. The molecule has 7 heteroatoms. The fraction of sp³-hybridized carbons (Fsp3) is 0.938. The van der Waals surface area contributed by atoms with E-state index >= 15 is 0 Å². The van der Waals surface area contributed by atoms with E-state index in [0.29, 0.717) is 11.7 Å². The lowest BCUT2D eigenvalue weighted by Gasteiger charge is -2.21. The van der Waals surface area contributed by atoms with Crippen molar-refractivity contribution in [3.05, 3.63) is 0 Å². The van der Waals surface area contributed by atoms with Gasteiger partial charge in [0.2, 0.25) is 5.91 Å². The summed E-state index contributed by atoms with van der Waals surface area (Å²) in [7, 11) is 0. The second-order valence-corrected chi connectivity index (χ2v) is 7.32. The Bertz CT molecular complexity index is 318. The third kappa shape index (κ3) is 7.39. The molecule has 1 N–H and O–H groups in total. The highest BCUT2D eigenvalue weighted by atomic mass is 35.5. The maximum Gasteiger partial charge on any atom is 0.232 e. The largest absolute Gasteiger partial charge is 0.342 e. The second kappa shape index (κ2) is 12.6. The first-order valence-electron chi connectivity index (χ1n) is 8.53. The number of nitrogens with zero attached hydrogens (tertiary/aromatic N) is 2. The van der Waals surface area contributed by atoms with E-state index in [0.717, 1.165) is 63.4 Å². The van der Waals surface area contributed by atoms with E-state index in [1.54, 1.807) is 11.8 Å². The van der Waals surface area contributed by atoms with Crippen LogP contribution in [0, 0.1) is 11.8 Å². The van der Waals surface area contributed by atoms with Gasteiger partial charge in [0.15, 0.2) is 0 Å². The standard InChI is InChI=1S/C16H31N3OS.2ClH/c1-3-18(4-2)9-10-21-13-16(20)19-7-5-14-11-17-12-15(14)6-8-19;;/h14-15,17H,3-13H2,1-2H3;2*1H/t14-,15+;;. The molecule has 2 fully saturated rings. The van der Waals surface area contributed by atoms with E-state index in [-0.39, 0.29) is 24.8 Å². The number of halogens is 2. The summed E-state index contributed by atoms with van der Waals surface area (Å²) in [5, 5.41) is 3.49. The van der Waals surface area contributed by atoms with E-state index < -0.39 is 0 Å². The lowest BCUT2D eigenvalue weighted by atomic mass is 9.92. The summed E-state index contributed by atoms with van der Waals surface area (Å²) in [6.07, 6.45) is 2.38. The molecule has 2 saturated heterocycles. The van der Waals surface area contributed by atoms with Gasteiger partial charge in [-0.15, -0.1) is 24.8 Å². The number of amides is 1. The highest BCUT2D eigenvalue weighted by molar-refractivity contribution is 7.99. The van der Waals surface area contributed by atoms with Crippen molar-refractivity contribution in [3.8, 4) is 0 Å². The number of hydrogen-bond donors (Lipinski definition) is 1. The number of fused-ring (bicyclic) bond motifs is 1. The van der Waals surface area contributed by atoms with Gasteiger partial charge >= 0.3 is 0 Å². The van der Waals surface area contributed by atoms with Crippen LogP contribution in [-0.4, -0.2) is 73.0 Å². The monoisotopic (exact) mass is 385 g/mol. The number of hydrogen-bond acceptors (Lipinski definition) is 4. The number of carbonyl (C=O) groups excluding carboxylic acids is 1. The molecular weight excluding hydrogens is 353 g/mol. The smallest absolute Gasteiger partial charge is 0.232 e. The first-order chi connectivity index (χ1) is 10.2. The SMILES string of the molecule is CCN(CC)CCSCC(=O)N1CC[C@@H]2CNC[C@@H]2CC1.Cl.Cl. The van der Waals surface area contributed by atoms with Crippen LogP contribution in [0.2, 0.25) is 0 Å². The Hall–Kier alpha value is 0.320. The third-order valence-electron chi connectivity index (χ3n) is 5.04. The van der Waals surface area contributed by atoms with Crippen molar-refractivity contribution in [1.82, 2.24) is 15.1 Å². The van der Waals surface area contributed by atoms with Crippen molar-refractivity contribution < 1.29 is 4.79 Å². The lowest BCUT2D eigenvalue weighted by Crippen LogP contribution is -2.34. The van der Waals surface area contributed by atoms with Gasteiger partial charge in [0.25, 0.3) is 0 Å². The minimum absolute atomic E-state index is 0. The van der Waals surface area contributed by atoms with Crippen LogP contribution in [0.15, 0.2) is 0 Å². The molecule has 0 aromatic rings. The number of nitrogens with one attached hydrogen (secondary N) is 1. The van der Waals surface area contributed by atoms with E-state index in [1.807, 2.05) is 0 Å². The number of thioether (sulfide) groups is 1. The van der Waals surface area contributed by atoms with E-state index in [4.69, 9.17) is 0 Å². The third-order valence-corrected chi connectivity index (χ3v) is 5.97. The van der Waals surface area contributed by atoms with Crippen molar-refractivity contribution in [2.24, 2.45) is 11.8 Å². The molecule has 0 aliphatic carbocycles. The zero-order valence-electron chi connectivity index (χ0n) is 14.5. The predicted molar refractivity (Wildman–Crippen MR) is 105 cm³/mol. The Balaban J connectivity index is 0.00000242. The molecule has 0 aromatic heterocycles. The van der Waals surface area contributed by atoms with Crippen LogP contribution in [-0.2, 0) is 4.79 Å². The van der Waals surface area contributed by atoms with Crippen LogP contribution >= 0.6 is 36.6 Å². The van der Waals surface area contributed by atoms with E-state index in [1.165, 1.54) is 12.8 Å². The molecule has 2 aliphatic rings. The Labute approximate surface area is 158 Å². The fourth-order valence-corrected chi connectivity index (χ4v) is 4.34. The highest BCUT2D eigenvalue weighted by Crippen LogP contribution is 2.27. The molecule has 0 saturated carbocycles. The van der Waals surface area contributed by atoms with Crippen LogP contribution in [0.25, 0.3) is 0 Å². The molecule has 2 aliphatic heterocycles. The van der Waals surface area contributed by atoms with Crippen molar-refractivity contribution in [2.45, 2.75) is 26.7 Å². The summed E-state index contributed by atoms with van der Waals surface area (Å²) in [5.41, 5.74) is 0. The van der Waals surface area contributed by atoms with E-state index in [9.17, 15) is 4.79 Å². The summed E-state index contributed by atoms with van der Waals surface area (Å²) in [6.45, 7) is 12.0. The van der Waals surface area contributed by atoms with Crippen LogP contribution in [0.1, 0.15) is 26.7 Å². The molecule has 2 atom stereocenters. The predicted octanol–water partition coefficient (Wildman–Crippen LogP) is 2.36. The molecule has 2 rings (SSSR count). The van der Waals surface area contributed by atoms with Gasteiger partial charge in [0, 0.05) is 25.4 Å². The molecular formula is C16H33Cl2N3OS. The average molecular weight is 386 g/mol. The van der Waals surface area contributed by atoms with Gasteiger partial charge in [-0.25, -0.2) is 0 Å². The summed E-state index contributed by atoms with van der Waals surface area (Å²) < 4.78 is 0. The van der Waals surface area contributed by atoms with Gasteiger partial charge in [0.05, 0.1) is 5.75 Å². The molecule has 0 unspecified atom stereocenters. The minimum atomic E-state index is 0. The molecule has 0 spiro atoms. The summed E-state index contributed by atoms with van der Waals surface area (Å²) in [4.78, 5) is 16.9. The van der Waals surface area contributed by atoms with Crippen LogP contribution in [0.5, 0.6) is 0 Å². The Morgan fingerprint density at radius 2 is 1.70 bits per heavy atom. The van der Waals surface area contributed by atoms with Crippen LogP contribution in [0.4, 0.5) is 0 Å². The maximum absolute atomic E-state index is 12.3. The van der Waals surface area contributed by atoms with Gasteiger partial charge in [0.1, 0.15) is 0 Å². The van der Waals surface area contributed by atoms with Gasteiger partial charge in [-0.2, -0.15) is 11.8 Å². The van der Waals surface area contributed by atoms with Crippen molar-refractivity contribution in [2.75, 3.05) is 57.3 Å². The summed E-state index contributed by atoms with van der Waals surface area (Å²) >= 11 is 1.80. The normalized spacial score (nSPS) is 23.7. The van der Waals surface area contributed by atoms with Crippen LogP contribution in [0.3, 0.4) is 0 Å². The van der Waals surface area contributed by atoms with Gasteiger partial charge in [-0.05, 0) is 50.9 Å². The van der Waals surface area contributed by atoms with Crippen molar-refractivity contribution in [3.63, 3.8) is 0 Å². The molecule has 0 bridgehead atoms. The molecule has 0 radical (unpaired) electrons. The van der Waals surface area contributed by atoms with Crippen molar-refractivity contribution >= 4 is 42.5 Å². The zero-order chi connectivity index (χ0) is 15.1. The Kier molecular flexibility index (Phi) is 12.8. The van der Waals surface area contributed by atoms with Gasteiger partial charge in [-0.3, -0.25) is 4.79 Å². The minimum Gasteiger partial charge on any atom is -0.342 e. The molecule has 138 valence electrons. The maximum atomic E-state index is 12.3. The summed E-state index contributed by atoms with van der Waals surface area (Å²) in [5.74, 6) is 3.69. The van der Waals surface area contributed by atoms with Crippen LogP contribution < -0.4 is 5.32 Å². The fourth-order valence-electron chi connectivity index (χ4n) is 3.45. The summed E-state index contributed by atoms with van der Waals surface area (Å²) in [6, 6.07) is 0. The highest BCUT2D eigenvalue weighted by Gasteiger charge is 2.31. The average Bonchev–Trinajstić information content (AvgIpc) is 2.86. The second-order valence-electron chi connectivity index (χ2n) is 6.22. The van der Waals surface area contributed by atoms with Gasteiger partial charge in [-0.1, -0.05) is 13.8 Å². The Morgan fingerprint density at radius 1 is 1.13 bits per heavy atom. The zero-order valence-corrected chi connectivity index (χ0v) is 16.9. The first kappa shape index (κ1) is 23.3. The number of likely N-dealkylation sites (tertiary alicyclic amines) is 1. The first-order valence-corrected chi connectivity index (χ1v) is 9.68. The Morgan fingerprint density at radius 3 is 2.22 bits per heavy atom. The number of rotatable bonds is 7. The molecule has 4 nitrogen and oxygen atoms in total.